The van der Waals surface area contributed by atoms with E-state index in [9.17, 15) is 4.39 Å². The molecular formula is C11H10ClFN2O. The van der Waals surface area contributed by atoms with Gasteiger partial charge in [0.25, 0.3) is 0 Å². The molecule has 2 rings (SSSR count). The number of aromatic nitrogens is 2. The van der Waals surface area contributed by atoms with Gasteiger partial charge >= 0.3 is 0 Å². The molecule has 0 bridgehead atoms. The highest BCUT2D eigenvalue weighted by Crippen LogP contribution is 2.20. The lowest BCUT2D eigenvalue weighted by Crippen LogP contribution is -1.84. The molecular weight excluding hydrogens is 231 g/mol. The number of hydrogen-bond acceptors (Lipinski definition) is 3. The molecule has 5 heteroatoms. The molecule has 0 saturated carbocycles. The molecule has 1 aromatic heterocycles. The molecule has 0 spiro atoms. The molecule has 0 aliphatic heterocycles. The Bertz CT molecular complexity index is 498. The highest BCUT2D eigenvalue weighted by atomic mass is 35.5. The Labute approximate surface area is 97.3 Å². The van der Waals surface area contributed by atoms with Gasteiger partial charge in [0.2, 0.25) is 11.8 Å². The summed E-state index contributed by atoms with van der Waals surface area (Å²) in [6, 6.07) is 4.67. The highest BCUT2D eigenvalue weighted by Gasteiger charge is 2.09. The Balaban J connectivity index is 2.31. The molecule has 0 aliphatic carbocycles. The van der Waals surface area contributed by atoms with E-state index in [1.807, 2.05) is 0 Å². The van der Waals surface area contributed by atoms with Gasteiger partial charge in [0.1, 0.15) is 5.82 Å². The van der Waals surface area contributed by atoms with Crippen molar-refractivity contribution in [1.82, 2.24) is 10.2 Å². The predicted octanol–water partition coefficient (Wildman–Crippen LogP) is 2.97. The lowest BCUT2D eigenvalue weighted by atomic mass is 10.1. The summed E-state index contributed by atoms with van der Waals surface area (Å²) in [6.07, 6.45) is 0.536. The van der Waals surface area contributed by atoms with Crippen molar-refractivity contribution in [2.24, 2.45) is 0 Å². The average Bonchev–Trinajstić information content (AvgIpc) is 2.71. The molecule has 2 aromatic rings. The van der Waals surface area contributed by atoms with E-state index in [0.717, 1.165) is 0 Å². The molecule has 0 N–H and O–H groups in total. The van der Waals surface area contributed by atoms with Crippen molar-refractivity contribution in [3.63, 3.8) is 0 Å². The minimum Gasteiger partial charge on any atom is -0.421 e. The number of hydrogen-bond donors (Lipinski definition) is 0. The fourth-order valence-electron chi connectivity index (χ4n) is 1.33. The Morgan fingerprint density at radius 3 is 2.88 bits per heavy atom. The van der Waals surface area contributed by atoms with Crippen LogP contribution in [-0.2, 0) is 6.42 Å². The Morgan fingerprint density at radius 1 is 1.38 bits per heavy atom. The first-order chi connectivity index (χ1) is 7.70. The van der Waals surface area contributed by atoms with Crippen LogP contribution in [0.3, 0.4) is 0 Å². The van der Waals surface area contributed by atoms with Crippen LogP contribution in [0.2, 0.25) is 0 Å². The number of halogens is 2. The van der Waals surface area contributed by atoms with E-state index in [1.165, 1.54) is 6.07 Å². The first-order valence-electron chi connectivity index (χ1n) is 4.85. The van der Waals surface area contributed by atoms with Crippen LogP contribution in [0.4, 0.5) is 4.39 Å². The van der Waals surface area contributed by atoms with Crippen LogP contribution in [0.5, 0.6) is 0 Å². The van der Waals surface area contributed by atoms with Crippen LogP contribution in [0.1, 0.15) is 11.5 Å². The summed E-state index contributed by atoms with van der Waals surface area (Å²) in [5.74, 6) is 1.07. The molecule has 0 amide bonds. The zero-order valence-electron chi connectivity index (χ0n) is 8.70. The summed E-state index contributed by atoms with van der Waals surface area (Å²) >= 11 is 5.56. The molecule has 84 valence electrons. The zero-order valence-corrected chi connectivity index (χ0v) is 9.46. The van der Waals surface area contributed by atoms with Gasteiger partial charge < -0.3 is 4.42 Å². The first-order valence-corrected chi connectivity index (χ1v) is 5.39. The average molecular weight is 241 g/mol. The lowest BCUT2D eigenvalue weighted by Gasteiger charge is -1.98. The molecule has 0 fully saturated rings. The van der Waals surface area contributed by atoms with Crippen molar-refractivity contribution in [2.45, 2.75) is 13.3 Å². The molecule has 0 aliphatic rings. The van der Waals surface area contributed by atoms with E-state index < -0.39 is 0 Å². The highest BCUT2D eigenvalue weighted by molar-refractivity contribution is 6.17. The lowest BCUT2D eigenvalue weighted by molar-refractivity contribution is 0.513. The van der Waals surface area contributed by atoms with Gasteiger partial charge in [0.05, 0.1) is 0 Å². The van der Waals surface area contributed by atoms with Gasteiger partial charge in [-0.3, -0.25) is 0 Å². The monoisotopic (exact) mass is 240 g/mol. The summed E-state index contributed by atoms with van der Waals surface area (Å²) < 4.78 is 18.4. The fraction of sp³-hybridized carbons (Fsp3) is 0.273. The summed E-state index contributed by atoms with van der Waals surface area (Å²) in [4.78, 5) is 0. The van der Waals surface area contributed by atoms with Gasteiger partial charge in [-0.1, -0.05) is 0 Å². The maximum atomic E-state index is 13.1. The number of nitrogens with zero attached hydrogens (tertiary/aromatic N) is 2. The molecule has 1 aromatic carbocycles. The second kappa shape index (κ2) is 4.61. The van der Waals surface area contributed by atoms with Crippen LogP contribution >= 0.6 is 11.6 Å². The summed E-state index contributed by atoms with van der Waals surface area (Å²) in [5, 5.41) is 7.72. The third-order valence-electron chi connectivity index (χ3n) is 2.18. The zero-order chi connectivity index (χ0) is 11.5. The predicted molar refractivity (Wildman–Crippen MR) is 58.9 cm³/mol. The van der Waals surface area contributed by atoms with Crippen LogP contribution in [0.15, 0.2) is 22.6 Å². The summed E-state index contributed by atoms with van der Waals surface area (Å²) in [7, 11) is 0. The third kappa shape index (κ3) is 2.22. The Hall–Kier alpha value is -1.42. The fourth-order valence-corrected chi connectivity index (χ4v) is 1.49. The molecule has 16 heavy (non-hydrogen) atoms. The van der Waals surface area contributed by atoms with Gasteiger partial charge in [0.15, 0.2) is 0 Å². The van der Waals surface area contributed by atoms with Crippen LogP contribution in [0.25, 0.3) is 11.5 Å². The number of aryl methyl sites for hydroxylation is 2. The maximum absolute atomic E-state index is 13.1. The first kappa shape index (κ1) is 11.1. The van der Waals surface area contributed by atoms with Crippen molar-refractivity contribution in [2.75, 3.05) is 5.88 Å². The normalized spacial score (nSPS) is 10.7. The quantitative estimate of drug-likeness (QED) is 0.775. The summed E-state index contributed by atoms with van der Waals surface area (Å²) in [6.45, 7) is 1.69. The number of benzene rings is 1. The van der Waals surface area contributed by atoms with Crippen LogP contribution in [0, 0.1) is 12.7 Å². The molecule has 3 nitrogen and oxygen atoms in total. The second-order valence-corrected chi connectivity index (χ2v) is 3.78. The van der Waals surface area contributed by atoms with Gasteiger partial charge in [0, 0.05) is 17.9 Å². The smallest absolute Gasteiger partial charge is 0.247 e. The standard InChI is InChI=1S/C11H10ClFN2O/c1-7-6-8(2-3-9(7)13)11-15-14-10(16-11)4-5-12/h2-3,6H,4-5H2,1H3. The van der Waals surface area contributed by atoms with E-state index in [0.29, 0.717) is 35.2 Å². The van der Waals surface area contributed by atoms with Gasteiger partial charge in [-0.2, -0.15) is 0 Å². The topological polar surface area (TPSA) is 38.9 Å². The molecule has 1 heterocycles. The molecule has 0 radical (unpaired) electrons. The Morgan fingerprint density at radius 2 is 2.19 bits per heavy atom. The number of rotatable bonds is 3. The van der Waals surface area contributed by atoms with E-state index in [4.69, 9.17) is 16.0 Å². The van der Waals surface area contributed by atoms with Crippen molar-refractivity contribution in [3.8, 4) is 11.5 Å². The molecule has 0 atom stereocenters. The molecule has 0 saturated heterocycles. The third-order valence-corrected chi connectivity index (χ3v) is 2.37. The van der Waals surface area contributed by atoms with E-state index in [1.54, 1.807) is 19.1 Å². The number of alkyl halides is 1. The van der Waals surface area contributed by atoms with Gasteiger partial charge in [-0.25, -0.2) is 4.39 Å². The van der Waals surface area contributed by atoms with Crippen LogP contribution < -0.4 is 0 Å². The second-order valence-electron chi connectivity index (χ2n) is 3.40. The summed E-state index contributed by atoms with van der Waals surface area (Å²) in [5.41, 5.74) is 1.27. The Kier molecular flexibility index (Phi) is 3.19. The van der Waals surface area contributed by atoms with E-state index in [2.05, 4.69) is 10.2 Å². The minimum atomic E-state index is -0.246. The van der Waals surface area contributed by atoms with E-state index in [-0.39, 0.29) is 5.82 Å². The van der Waals surface area contributed by atoms with Crippen molar-refractivity contribution >= 4 is 11.6 Å². The van der Waals surface area contributed by atoms with Gasteiger partial charge in [-0.05, 0) is 30.7 Å². The SMILES string of the molecule is Cc1cc(-c2nnc(CCCl)o2)ccc1F. The molecule has 0 unspecified atom stereocenters. The largest absolute Gasteiger partial charge is 0.421 e. The maximum Gasteiger partial charge on any atom is 0.247 e. The van der Waals surface area contributed by atoms with E-state index >= 15 is 0 Å². The van der Waals surface area contributed by atoms with Crippen molar-refractivity contribution in [3.05, 3.63) is 35.5 Å². The minimum absolute atomic E-state index is 0.246. The van der Waals surface area contributed by atoms with Crippen molar-refractivity contribution < 1.29 is 8.81 Å². The van der Waals surface area contributed by atoms with Gasteiger partial charge in [-0.15, -0.1) is 21.8 Å². The van der Waals surface area contributed by atoms with Crippen LogP contribution in [-0.4, -0.2) is 16.1 Å². The van der Waals surface area contributed by atoms with Crippen molar-refractivity contribution in [1.29, 1.82) is 0 Å².